The van der Waals surface area contributed by atoms with E-state index in [1.54, 1.807) is 12.1 Å². The third kappa shape index (κ3) is 3.31. The van der Waals surface area contributed by atoms with E-state index in [4.69, 9.17) is 5.14 Å². The summed E-state index contributed by atoms with van der Waals surface area (Å²) < 4.78 is 22.7. The number of aromatic nitrogens is 1. The zero-order valence-corrected chi connectivity index (χ0v) is 14.3. The van der Waals surface area contributed by atoms with Crippen molar-refractivity contribution in [2.45, 2.75) is 37.5 Å². The first-order valence-electron chi connectivity index (χ1n) is 7.83. The number of primary sulfonamides is 1. The molecule has 1 fully saturated rings. The highest BCUT2D eigenvalue weighted by molar-refractivity contribution is 7.89. The first-order valence-corrected chi connectivity index (χ1v) is 9.37. The van der Waals surface area contributed by atoms with Crippen molar-refractivity contribution in [3.8, 4) is 0 Å². The van der Waals surface area contributed by atoms with Gasteiger partial charge in [-0.2, -0.15) is 0 Å². The van der Waals surface area contributed by atoms with Gasteiger partial charge < -0.3 is 0 Å². The Kier molecular flexibility index (Phi) is 4.02. The van der Waals surface area contributed by atoms with Crippen LogP contribution in [0.4, 0.5) is 0 Å². The van der Waals surface area contributed by atoms with Gasteiger partial charge in [0.05, 0.1) is 4.90 Å². The molecule has 1 heterocycles. The molecule has 1 saturated carbocycles. The highest BCUT2D eigenvalue weighted by Gasteiger charge is 2.57. The van der Waals surface area contributed by atoms with Gasteiger partial charge in [-0.15, -0.1) is 0 Å². The Balaban J connectivity index is 1.71. The lowest BCUT2D eigenvalue weighted by Crippen LogP contribution is -2.11. The molecule has 2 atom stereocenters. The molecule has 122 valence electrons. The molecule has 3 rings (SSSR count). The Labute approximate surface area is 137 Å². The fourth-order valence-electron chi connectivity index (χ4n) is 3.66. The molecule has 2 aromatic rings. The number of pyridine rings is 1. The van der Waals surface area contributed by atoms with Crippen LogP contribution >= 0.6 is 0 Å². The Bertz CT molecular complexity index is 784. The van der Waals surface area contributed by atoms with Crippen molar-refractivity contribution in [1.82, 2.24) is 4.98 Å². The molecule has 1 aromatic carbocycles. The van der Waals surface area contributed by atoms with Crippen LogP contribution in [0.3, 0.4) is 0 Å². The third-order valence-electron chi connectivity index (χ3n) is 5.06. The Morgan fingerprint density at radius 1 is 1.13 bits per heavy atom. The number of hydrogen-bond acceptors (Lipinski definition) is 3. The van der Waals surface area contributed by atoms with Gasteiger partial charge in [-0.1, -0.05) is 32.0 Å². The van der Waals surface area contributed by atoms with Gasteiger partial charge in [0.2, 0.25) is 10.0 Å². The van der Waals surface area contributed by atoms with E-state index in [0.717, 1.165) is 18.5 Å². The summed E-state index contributed by atoms with van der Waals surface area (Å²) in [5.41, 5.74) is 2.55. The Morgan fingerprint density at radius 2 is 1.83 bits per heavy atom. The van der Waals surface area contributed by atoms with Crippen molar-refractivity contribution >= 4 is 10.0 Å². The van der Waals surface area contributed by atoms with Crippen LogP contribution in [0.25, 0.3) is 0 Å². The molecule has 1 aromatic heterocycles. The quantitative estimate of drug-likeness (QED) is 0.915. The maximum absolute atomic E-state index is 11.4. The summed E-state index contributed by atoms with van der Waals surface area (Å²) in [4.78, 5) is 4.55. The highest BCUT2D eigenvalue weighted by atomic mass is 32.2. The molecule has 0 radical (unpaired) electrons. The molecule has 2 unspecified atom stereocenters. The maximum atomic E-state index is 11.4. The number of sulfonamides is 1. The fourth-order valence-corrected chi connectivity index (χ4v) is 4.17. The minimum Gasteiger partial charge on any atom is -0.261 e. The smallest absolute Gasteiger partial charge is 0.238 e. The average molecular weight is 330 g/mol. The van der Waals surface area contributed by atoms with Gasteiger partial charge in [-0.05, 0) is 59.9 Å². The number of benzene rings is 1. The summed E-state index contributed by atoms with van der Waals surface area (Å²) >= 11 is 0. The van der Waals surface area contributed by atoms with E-state index in [2.05, 4.69) is 24.9 Å². The summed E-state index contributed by atoms with van der Waals surface area (Å²) in [7, 11) is -3.62. The molecular weight excluding hydrogens is 308 g/mol. The van der Waals surface area contributed by atoms with Crippen molar-refractivity contribution in [2.75, 3.05) is 0 Å². The minimum absolute atomic E-state index is 0.171. The standard InChI is InChI=1S/C18H22N2O2S/c1-18(2)16(11-8-14-5-3-4-12-20-14)17(18)13-6-9-15(10-7-13)23(19,21)22/h3-7,9-10,12,16-17H,8,11H2,1-2H3,(H2,19,21,22). The lowest BCUT2D eigenvalue weighted by molar-refractivity contribution is 0.528. The molecule has 0 spiro atoms. The summed E-state index contributed by atoms with van der Waals surface area (Å²) in [6.07, 6.45) is 3.89. The number of hydrogen-bond donors (Lipinski definition) is 1. The summed E-state index contributed by atoms with van der Waals surface area (Å²) in [5.74, 6) is 1.05. The second kappa shape index (κ2) is 5.73. The molecule has 0 amide bonds. The number of nitrogens with two attached hydrogens (primary N) is 1. The van der Waals surface area contributed by atoms with Gasteiger partial charge in [-0.3, -0.25) is 4.98 Å². The van der Waals surface area contributed by atoms with Gasteiger partial charge in [0.1, 0.15) is 0 Å². The molecule has 5 heteroatoms. The first-order chi connectivity index (χ1) is 10.8. The van der Waals surface area contributed by atoms with Gasteiger partial charge in [0, 0.05) is 11.9 Å². The predicted octanol–water partition coefficient (Wildman–Crippen LogP) is 3.10. The molecule has 2 N–H and O–H groups in total. The summed E-state index contributed by atoms with van der Waals surface area (Å²) in [6, 6.07) is 13.0. The first kappa shape index (κ1) is 16.1. The predicted molar refractivity (Wildman–Crippen MR) is 90.4 cm³/mol. The van der Waals surface area contributed by atoms with Crippen molar-refractivity contribution in [1.29, 1.82) is 0 Å². The average Bonchev–Trinajstić information content (AvgIpc) is 3.06. The number of aryl methyl sites for hydroxylation is 1. The maximum Gasteiger partial charge on any atom is 0.238 e. The molecule has 0 saturated heterocycles. The van der Waals surface area contributed by atoms with E-state index in [0.29, 0.717) is 11.8 Å². The third-order valence-corrected chi connectivity index (χ3v) is 5.99. The van der Waals surface area contributed by atoms with E-state index in [1.165, 1.54) is 5.56 Å². The van der Waals surface area contributed by atoms with Crippen LogP contribution in [-0.4, -0.2) is 13.4 Å². The van der Waals surface area contributed by atoms with Crippen molar-refractivity contribution in [3.63, 3.8) is 0 Å². The summed E-state index contributed by atoms with van der Waals surface area (Å²) in [5, 5.41) is 5.16. The normalized spacial score (nSPS) is 22.7. The molecule has 1 aliphatic rings. The molecule has 0 bridgehead atoms. The monoisotopic (exact) mass is 330 g/mol. The van der Waals surface area contributed by atoms with Crippen LogP contribution in [-0.2, 0) is 16.4 Å². The van der Waals surface area contributed by atoms with Crippen LogP contribution < -0.4 is 5.14 Å². The van der Waals surface area contributed by atoms with E-state index >= 15 is 0 Å². The van der Waals surface area contributed by atoms with Crippen molar-refractivity contribution < 1.29 is 8.42 Å². The van der Waals surface area contributed by atoms with Gasteiger partial charge in [0.25, 0.3) is 0 Å². The Hall–Kier alpha value is -1.72. The summed E-state index contributed by atoms with van der Waals surface area (Å²) in [6.45, 7) is 4.54. The van der Waals surface area contributed by atoms with Gasteiger partial charge in [0.15, 0.2) is 0 Å². The lowest BCUT2D eigenvalue weighted by Gasteiger charge is -2.04. The zero-order chi connectivity index (χ0) is 16.7. The second-order valence-corrected chi connectivity index (χ2v) is 8.44. The number of nitrogens with zero attached hydrogens (tertiary/aromatic N) is 1. The van der Waals surface area contributed by atoms with E-state index in [-0.39, 0.29) is 10.3 Å². The lowest BCUT2D eigenvalue weighted by atomic mass is 10.0. The van der Waals surface area contributed by atoms with E-state index in [1.807, 2.05) is 30.5 Å². The highest BCUT2D eigenvalue weighted by Crippen LogP contribution is 2.66. The van der Waals surface area contributed by atoms with Crippen molar-refractivity contribution in [2.24, 2.45) is 16.5 Å². The molecule has 4 nitrogen and oxygen atoms in total. The SMILES string of the molecule is CC1(C)C(CCc2ccccn2)C1c1ccc(S(N)(=O)=O)cc1. The van der Waals surface area contributed by atoms with E-state index in [9.17, 15) is 8.42 Å². The topological polar surface area (TPSA) is 73.0 Å². The molecule has 1 aliphatic carbocycles. The van der Waals surface area contributed by atoms with Crippen LogP contribution in [0, 0.1) is 11.3 Å². The molecule has 23 heavy (non-hydrogen) atoms. The largest absolute Gasteiger partial charge is 0.261 e. The van der Waals surface area contributed by atoms with Crippen LogP contribution in [0.5, 0.6) is 0 Å². The Morgan fingerprint density at radius 3 is 2.39 bits per heavy atom. The molecule has 0 aliphatic heterocycles. The number of rotatable bonds is 5. The minimum atomic E-state index is -3.62. The van der Waals surface area contributed by atoms with Gasteiger partial charge in [-0.25, -0.2) is 13.6 Å². The fraction of sp³-hybridized carbons (Fsp3) is 0.389. The van der Waals surface area contributed by atoms with Gasteiger partial charge >= 0.3 is 0 Å². The molecular formula is C18H22N2O2S. The second-order valence-electron chi connectivity index (χ2n) is 6.88. The van der Waals surface area contributed by atoms with Crippen molar-refractivity contribution in [3.05, 3.63) is 59.9 Å². The van der Waals surface area contributed by atoms with E-state index < -0.39 is 10.0 Å². The van der Waals surface area contributed by atoms with Crippen LogP contribution in [0.2, 0.25) is 0 Å². The van der Waals surface area contributed by atoms with Crippen LogP contribution in [0.15, 0.2) is 53.6 Å². The van der Waals surface area contributed by atoms with Crippen LogP contribution in [0.1, 0.15) is 37.4 Å². The zero-order valence-electron chi connectivity index (χ0n) is 13.4.